The Morgan fingerprint density at radius 3 is 2.25 bits per heavy atom. The summed E-state index contributed by atoms with van der Waals surface area (Å²) < 4.78 is 29.8. The first-order chi connectivity index (χ1) is 19.1. The molecule has 0 bridgehead atoms. The van der Waals surface area contributed by atoms with E-state index in [-0.39, 0.29) is 23.4 Å². The second-order valence-corrected chi connectivity index (χ2v) is 13.3. The Labute approximate surface area is 249 Å². The van der Waals surface area contributed by atoms with Gasteiger partial charge in [-0.1, -0.05) is 70.7 Å². The largest absolute Gasteiger partial charge is 0.352 e. The molecule has 1 unspecified atom stereocenters. The number of halogens is 2. The van der Waals surface area contributed by atoms with E-state index in [9.17, 15) is 18.0 Å². The molecular weight excluding hydrogens is 614 g/mol. The summed E-state index contributed by atoms with van der Waals surface area (Å²) in [5.74, 6) is -0.738. The summed E-state index contributed by atoms with van der Waals surface area (Å²) in [5, 5.41) is 3.48. The Morgan fingerprint density at radius 1 is 1.00 bits per heavy atom. The number of nitrogens with zero attached hydrogens (tertiary/aromatic N) is 2. The first-order valence-electron chi connectivity index (χ1n) is 13.2. The molecule has 0 heterocycles. The van der Waals surface area contributed by atoms with Crippen LogP contribution in [0.25, 0.3) is 0 Å². The summed E-state index contributed by atoms with van der Waals surface area (Å²) >= 11 is 9.44. The van der Waals surface area contributed by atoms with E-state index in [4.69, 9.17) is 11.6 Å². The summed E-state index contributed by atoms with van der Waals surface area (Å²) in [6.45, 7) is 3.15. The van der Waals surface area contributed by atoms with Gasteiger partial charge in [-0.2, -0.15) is 0 Å². The van der Waals surface area contributed by atoms with Crippen molar-refractivity contribution >= 4 is 55.1 Å². The van der Waals surface area contributed by atoms with Crippen molar-refractivity contribution in [3.63, 3.8) is 0 Å². The fourth-order valence-electron chi connectivity index (χ4n) is 4.85. The first-order valence-corrected chi connectivity index (χ1v) is 15.9. The van der Waals surface area contributed by atoms with Gasteiger partial charge in [0.25, 0.3) is 10.0 Å². The molecule has 1 fully saturated rings. The van der Waals surface area contributed by atoms with Crippen LogP contribution in [0.2, 0.25) is 5.02 Å². The van der Waals surface area contributed by atoms with Gasteiger partial charge in [-0.15, -0.1) is 0 Å². The average Bonchev–Trinajstić information content (AvgIpc) is 3.44. The molecule has 1 aliphatic carbocycles. The molecule has 212 valence electrons. The number of hydrogen-bond acceptors (Lipinski definition) is 4. The molecule has 0 aromatic heterocycles. The van der Waals surface area contributed by atoms with E-state index < -0.39 is 28.5 Å². The maximum absolute atomic E-state index is 14.0. The molecule has 1 saturated carbocycles. The van der Waals surface area contributed by atoms with Gasteiger partial charge < -0.3 is 10.2 Å². The van der Waals surface area contributed by atoms with Crippen molar-refractivity contribution in [3.05, 3.63) is 93.4 Å². The van der Waals surface area contributed by atoms with Crippen LogP contribution in [0.5, 0.6) is 0 Å². The monoisotopic (exact) mass is 645 g/mol. The van der Waals surface area contributed by atoms with Crippen molar-refractivity contribution in [2.45, 2.75) is 63.1 Å². The number of carbonyl (C=O) groups is 2. The highest BCUT2D eigenvalue weighted by molar-refractivity contribution is 9.10. The van der Waals surface area contributed by atoms with Gasteiger partial charge in [-0.3, -0.25) is 13.9 Å². The molecule has 2 amide bonds. The zero-order valence-electron chi connectivity index (χ0n) is 22.5. The number of amides is 2. The molecular formula is C30H33BrClN3O4S. The van der Waals surface area contributed by atoms with Gasteiger partial charge in [0.1, 0.15) is 12.6 Å². The van der Waals surface area contributed by atoms with Crippen LogP contribution in [0, 0.1) is 6.92 Å². The lowest BCUT2D eigenvalue weighted by atomic mass is 10.1. The highest BCUT2D eigenvalue weighted by atomic mass is 79.9. The predicted molar refractivity (Wildman–Crippen MR) is 162 cm³/mol. The Balaban J connectivity index is 1.69. The van der Waals surface area contributed by atoms with Crippen molar-refractivity contribution in [2.75, 3.05) is 10.8 Å². The highest BCUT2D eigenvalue weighted by Crippen LogP contribution is 2.28. The van der Waals surface area contributed by atoms with Crippen LogP contribution in [0.1, 0.15) is 43.7 Å². The molecule has 1 aliphatic rings. The van der Waals surface area contributed by atoms with E-state index in [2.05, 4.69) is 21.2 Å². The number of nitrogens with one attached hydrogen (secondary N) is 1. The Bertz CT molecular complexity index is 1440. The smallest absolute Gasteiger partial charge is 0.264 e. The summed E-state index contributed by atoms with van der Waals surface area (Å²) in [7, 11) is -4.14. The number of sulfonamides is 1. The summed E-state index contributed by atoms with van der Waals surface area (Å²) in [6.07, 6.45) is 3.96. The molecule has 4 rings (SSSR count). The molecule has 1 N–H and O–H groups in total. The van der Waals surface area contributed by atoms with Crippen LogP contribution in [-0.4, -0.2) is 43.8 Å². The van der Waals surface area contributed by atoms with Gasteiger partial charge in [0.15, 0.2) is 0 Å². The summed E-state index contributed by atoms with van der Waals surface area (Å²) in [5.41, 5.74) is 1.90. The minimum atomic E-state index is -4.14. The second-order valence-electron chi connectivity index (χ2n) is 10.1. The Hall–Kier alpha value is -2.88. The SMILES string of the molecule is Cc1ccccc1N(CC(=O)N(Cc1ccc(Br)cc1)C(C)C(=O)NC1CCCC1)S(=O)(=O)c1ccc(Cl)cc1. The molecule has 0 radical (unpaired) electrons. The summed E-state index contributed by atoms with van der Waals surface area (Å²) in [6, 6.07) is 19.6. The fraction of sp³-hybridized carbons (Fsp3) is 0.333. The predicted octanol–water partition coefficient (Wildman–Crippen LogP) is 6.08. The number of para-hydroxylation sites is 1. The van der Waals surface area contributed by atoms with E-state index in [1.807, 2.05) is 30.3 Å². The lowest BCUT2D eigenvalue weighted by Crippen LogP contribution is -2.52. The van der Waals surface area contributed by atoms with E-state index in [0.717, 1.165) is 40.0 Å². The zero-order chi connectivity index (χ0) is 28.9. The third-order valence-corrected chi connectivity index (χ3v) is 9.75. The number of aryl methyl sites for hydroxylation is 1. The van der Waals surface area contributed by atoms with E-state index in [0.29, 0.717) is 16.3 Å². The molecule has 3 aromatic rings. The third-order valence-electron chi connectivity index (χ3n) is 7.20. The minimum Gasteiger partial charge on any atom is -0.352 e. The van der Waals surface area contributed by atoms with Crippen molar-refractivity contribution < 1.29 is 18.0 Å². The molecule has 0 saturated heterocycles. The van der Waals surface area contributed by atoms with Gasteiger partial charge in [0, 0.05) is 22.1 Å². The maximum atomic E-state index is 14.0. The molecule has 10 heteroatoms. The maximum Gasteiger partial charge on any atom is 0.264 e. The van der Waals surface area contributed by atoms with Crippen molar-refractivity contribution in [3.8, 4) is 0 Å². The Morgan fingerprint density at radius 2 is 1.62 bits per heavy atom. The molecule has 40 heavy (non-hydrogen) atoms. The van der Waals surface area contributed by atoms with Crippen molar-refractivity contribution in [1.82, 2.24) is 10.2 Å². The van der Waals surface area contributed by atoms with Crippen LogP contribution < -0.4 is 9.62 Å². The quantitative estimate of drug-likeness (QED) is 0.289. The first kappa shape index (κ1) is 30.1. The van der Waals surface area contributed by atoms with E-state index in [1.165, 1.54) is 29.2 Å². The average molecular weight is 647 g/mol. The molecule has 7 nitrogen and oxygen atoms in total. The van der Waals surface area contributed by atoms with Crippen molar-refractivity contribution in [1.29, 1.82) is 0 Å². The molecule has 0 aliphatic heterocycles. The Kier molecular flexibility index (Phi) is 9.92. The zero-order valence-corrected chi connectivity index (χ0v) is 25.7. The van der Waals surface area contributed by atoms with Crippen LogP contribution in [0.3, 0.4) is 0 Å². The molecule has 1 atom stereocenters. The lowest BCUT2D eigenvalue weighted by molar-refractivity contribution is -0.139. The third kappa shape index (κ3) is 7.25. The van der Waals surface area contributed by atoms with Crippen molar-refractivity contribution in [2.24, 2.45) is 0 Å². The van der Waals surface area contributed by atoms with Crippen LogP contribution >= 0.6 is 27.5 Å². The lowest BCUT2D eigenvalue weighted by Gasteiger charge is -2.33. The van der Waals surface area contributed by atoms with Crippen LogP contribution in [-0.2, 0) is 26.2 Å². The second kappa shape index (κ2) is 13.2. The highest BCUT2D eigenvalue weighted by Gasteiger charge is 2.33. The van der Waals surface area contributed by atoms with Gasteiger partial charge in [0.2, 0.25) is 11.8 Å². The van der Waals surface area contributed by atoms with Gasteiger partial charge >= 0.3 is 0 Å². The van der Waals surface area contributed by atoms with E-state index in [1.54, 1.807) is 32.0 Å². The minimum absolute atomic E-state index is 0.0134. The number of carbonyl (C=O) groups excluding carboxylic acids is 2. The molecule has 3 aromatic carbocycles. The number of anilines is 1. The van der Waals surface area contributed by atoms with Gasteiger partial charge in [-0.05, 0) is 80.3 Å². The normalized spacial score (nSPS) is 14.5. The number of benzene rings is 3. The van der Waals surface area contributed by atoms with E-state index >= 15 is 0 Å². The van der Waals surface area contributed by atoms with Gasteiger partial charge in [-0.25, -0.2) is 8.42 Å². The number of hydrogen-bond donors (Lipinski definition) is 1. The standard InChI is InChI=1S/C30H33BrClN3O4S/c1-21-7-3-6-10-28(21)35(40(38,39)27-17-15-25(32)16-18-27)20-29(36)34(19-23-11-13-24(31)14-12-23)22(2)30(37)33-26-8-4-5-9-26/h3,6-7,10-18,22,26H,4-5,8-9,19-20H2,1-2H3,(H,33,37). The molecule has 0 spiro atoms. The summed E-state index contributed by atoms with van der Waals surface area (Å²) in [4.78, 5) is 28.8. The topological polar surface area (TPSA) is 86.8 Å². The van der Waals surface area contributed by atoms with Crippen LogP contribution in [0.15, 0.2) is 82.2 Å². The van der Waals surface area contributed by atoms with Gasteiger partial charge in [0.05, 0.1) is 10.6 Å². The van der Waals surface area contributed by atoms with Crippen LogP contribution in [0.4, 0.5) is 5.69 Å². The fourth-order valence-corrected chi connectivity index (χ4v) is 6.72. The number of rotatable bonds is 10.